The fourth-order valence-electron chi connectivity index (χ4n) is 3.71. The average Bonchev–Trinajstić information content (AvgIpc) is 3.12. The third kappa shape index (κ3) is 3.72. The molecule has 0 fully saturated rings. The van der Waals surface area contributed by atoms with Crippen LogP contribution in [0.1, 0.15) is 15.9 Å². The van der Waals surface area contributed by atoms with Crippen LogP contribution in [0, 0.1) is 0 Å². The minimum atomic E-state index is -0.579. The maximum Gasteiger partial charge on any atom is 0.344 e. The molecule has 0 radical (unpaired) electrons. The average molecular weight is 459 g/mol. The molecular weight excluding hydrogens is 440 g/mol. The van der Waals surface area contributed by atoms with Crippen LogP contribution in [0.3, 0.4) is 0 Å². The van der Waals surface area contributed by atoms with E-state index in [0.717, 1.165) is 5.56 Å². The first kappa shape index (κ1) is 20.8. The molecule has 7 nitrogen and oxygen atoms in total. The number of nitrogens with two attached hydrogens (primary N) is 1. The number of esters is 1. The zero-order valence-electron chi connectivity index (χ0n) is 17.7. The standard InChI is InChI=1S/C25H19ClN4O3/c1-32-20-12-11-16(13-17(20)26)30-23(27)21(25(31)33-14-15-7-3-2-4-8-15)22-24(30)29-19-10-6-5-9-18(19)28-22/h2-13H,14,27H2,1H3. The van der Waals surface area contributed by atoms with Gasteiger partial charge in [0.1, 0.15) is 29.3 Å². The van der Waals surface area contributed by atoms with Crippen molar-refractivity contribution in [2.75, 3.05) is 12.8 Å². The molecule has 0 atom stereocenters. The number of carbonyl (C=O) groups is 1. The van der Waals surface area contributed by atoms with Crippen molar-refractivity contribution in [2.24, 2.45) is 0 Å². The second-order valence-electron chi connectivity index (χ2n) is 7.36. The van der Waals surface area contributed by atoms with Gasteiger partial charge in [-0.1, -0.05) is 54.1 Å². The maximum atomic E-state index is 13.2. The number of hydrogen-bond acceptors (Lipinski definition) is 6. The molecule has 0 saturated heterocycles. The molecule has 8 heteroatoms. The van der Waals surface area contributed by atoms with Crippen LogP contribution in [0.5, 0.6) is 5.75 Å². The minimum Gasteiger partial charge on any atom is -0.495 e. The van der Waals surface area contributed by atoms with E-state index in [1.807, 2.05) is 54.6 Å². The molecule has 0 spiro atoms. The molecule has 0 saturated carbocycles. The van der Waals surface area contributed by atoms with E-state index >= 15 is 0 Å². The van der Waals surface area contributed by atoms with Gasteiger partial charge in [-0.25, -0.2) is 14.8 Å². The molecule has 0 aliphatic carbocycles. The summed E-state index contributed by atoms with van der Waals surface area (Å²) in [6, 6.07) is 22.1. The number of methoxy groups -OCH3 is 1. The van der Waals surface area contributed by atoms with Crippen LogP contribution in [0.2, 0.25) is 5.02 Å². The number of anilines is 1. The summed E-state index contributed by atoms with van der Waals surface area (Å²) in [5, 5.41) is 0.401. The lowest BCUT2D eigenvalue weighted by atomic mass is 10.2. The summed E-state index contributed by atoms with van der Waals surface area (Å²) < 4.78 is 12.5. The Morgan fingerprint density at radius 1 is 1.00 bits per heavy atom. The van der Waals surface area contributed by atoms with Gasteiger partial charge in [0.05, 0.1) is 28.9 Å². The third-order valence-corrected chi connectivity index (χ3v) is 5.60. The lowest BCUT2D eigenvalue weighted by Crippen LogP contribution is -2.09. The predicted molar refractivity (Wildman–Crippen MR) is 128 cm³/mol. The Morgan fingerprint density at radius 3 is 2.39 bits per heavy atom. The van der Waals surface area contributed by atoms with E-state index in [0.29, 0.717) is 38.7 Å². The summed E-state index contributed by atoms with van der Waals surface area (Å²) >= 11 is 6.36. The Balaban J connectivity index is 1.68. The maximum absolute atomic E-state index is 13.2. The van der Waals surface area contributed by atoms with E-state index < -0.39 is 5.97 Å². The van der Waals surface area contributed by atoms with Gasteiger partial charge in [0.2, 0.25) is 0 Å². The van der Waals surface area contributed by atoms with Gasteiger partial charge in [0.25, 0.3) is 0 Å². The summed E-state index contributed by atoms with van der Waals surface area (Å²) in [4.78, 5) is 22.6. The van der Waals surface area contributed by atoms with E-state index in [-0.39, 0.29) is 18.0 Å². The van der Waals surface area contributed by atoms with Crippen LogP contribution in [-0.4, -0.2) is 27.6 Å². The molecule has 5 aromatic rings. The van der Waals surface area contributed by atoms with E-state index in [9.17, 15) is 4.79 Å². The van der Waals surface area contributed by atoms with Gasteiger partial charge in [0.15, 0.2) is 5.65 Å². The molecule has 33 heavy (non-hydrogen) atoms. The van der Waals surface area contributed by atoms with Crippen LogP contribution < -0.4 is 10.5 Å². The minimum absolute atomic E-state index is 0.112. The van der Waals surface area contributed by atoms with E-state index in [1.165, 1.54) is 0 Å². The SMILES string of the molecule is COc1ccc(-n2c(N)c(C(=O)OCc3ccccc3)c3nc4ccccc4nc32)cc1Cl. The molecule has 0 unspecified atom stereocenters. The quantitative estimate of drug-likeness (QED) is 0.365. The van der Waals surface area contributed by atoms with Gasteiger partial charge in [-0.2, -0.15) is 0 Å². The fourth-order valence-corrected chi connectivity index (χ4v) is 3.97. The fraction of sp³-hybridized carbons (Fsp3) is 0.0800. The van der Waals surface area contributed by atoms with Gasteiger partial charge in [-0.15, -0.1) is 0 Å². The number of nitrogen functional groups attached to an aromatic ring is 1. The van der Waals surface area contributed by atoms with Crippen molar-refractivity contribution in [3.05, 3.63) is 88.9 Å². The molecule has 2 aromatic heterocycles. The molecular formula is C25H19ClN4O3. The zero-order valence-corrected chi connectivity index (χ0v) is 18.4. The summed E-state index contributed by atoms with van der Waals surface area (Å²) in [5.74, 6) is 0.110. The zero-order chi connectivity index (χ0) is 22.9. The first-order valence-corrected chi connectivity index (χ1v) is 10.6. The van der Waals surface area contributed by atoms with Gasteiger partial charge >= 0.3 is 5.97 Å². The van der Waals surface area contributed by atoms with Crippen LogP contribution in [0.15, 0.2) is 72.8 Å². The normalized spacial score (nSPS) is 11.1. The molecule has 0 aliphatic rings. The van der Waals surface area contributed by atoms with E-state index in [1.54, 1.807) is 29.9 Å². The van der Waals surface area contributed by atoms with E-state index in [4.69, 9.17) is 36.8 Å². The Bertz CT molecular complexity index is 1500. The molecule has 2 N–H and O–H groups in total. The second kappa shape index (κ2) is 8.44. The number of aromatic nitrogens is 3. The number of fused-ring (bicyclic) bond motifs is 2. The molecule has 0 amide bonds. The van der Waals surface area contributed by atoms with Crippen molar-refractivity contribution in [1.29, 1.82) is 0 Å². The van der Waals surface area contributed by atoms with Crippen molar-refractivity contribution < 1.29 is 14.3 Å². The smallest absolute Gasteiger partial charge is 0.344 e. The number of ether oxygens (including phenoxy) is 2. The first-order chi connectivity index (χ1) is 16.1. The van der Waals surface area contributed by atoms with Crippen LogP contribution >= 0.6 is 11.6 Å². The van der Waals surface area contributed by atoms with Gasteiger partial charge in [-0.05, 0) is 35.9 Å². The van der Waals surface area contributed by atoms with Crippen molar-refractivity contribution >= 4 is 45.6 Å². The number of para-hydroxylation sites is 2. The molecule has 2 heterocycles. The molecule has 3 aromatic carbocycles. The van der Waals surface area contributed by atoms with Gasteiger partial charge < -0.3 is 15.2 Å². The number of rotatable bonds is 5. The Morgan fingerprint density at radius 2 is 1.70 bits per heavy atom. The summed E-state index contributed by atoms with van der Waals surface area (Å²) in [5.41, 5.74) is 10.3. The lowest BCUT2D eigenvalue weighted by molar-refractivity contribution is 0.0476. The topological polar surface area (TPSA) is 92.3 Å². The Hall–Kier alpha value is -4.10. The molecule has 164 valence electrons. The van der Waals surface area contributed by atoms with Crippen molar-refractivity contribution in [1.82, 2.24) is 14.5 Å². The number of carbonyl (C=O) groups excluding carboxylic acids is 1. The molecule has 0 bridgehead atoms. The highest BCUT2D eigenvalue weighted by Gasteiger charge is 2.26. The van der Waals surface area contributed by atoms with Gasteiger partial charge in [0, 0.05) is 0 Å². The number of halogens is 1. The second-order valence-corrected chi connectivity index (χ2v) is 7.77. The highest BCUT2D eigenvalue weighted by Crippen LogP contribution is 2.34. The molecule has 5 rings (SSSR count). The van der Waals surface area contributed by atoms with Crippen molar-refractivity contribution in [3.8, 4) is 11.4 Å². The summed E-state index contributed by atoms with van der Waals surface area (Å²) in [7, 11) is 1.54. The summed E-state index contributed by atoms with van der Waals surface area (Å²) in [6.07, 6.45) is 0. The van der Waals surface area contributed by atoms with Crippen LogP contribution in [0.4, 0.5) is 5.82 Å². The van der Waals surface area contributed by atoms with Crippen LogP contribution in [-0.2, 0) is 11.3 Å². The number of benzene rings is 3. The highest BCUT2D eigenvalue weighted by atomic mass is 35.5. The van der Waals surface area contributed by atoms with Crippen molar-refractivity contribution in [3.63, 3.8) is 0 Å². The first-order valence-electron chi connectivity index (χ1n) is 10.2. The third-order valence-electron chi connectivity index (χ3n) is 5.31. The predicted octanol–water partition coefficient (Wildman–Crippen LogP) is 5.17. The number of nitrogens with zero attached hydrogens (tertiary/aromatic N) is 3. The Labute approximate surface area is 194 Å². The largest absolute Gasteiger partial charge is 0.495 e. The van der Waals surface area contributed by atoms with E-state index in [2.05, 4.69) is 0 Å². The lowest BCUT2D eigenvalue weighted by Gasteiger charge is -2.10. The van der Waals surface area contributed by atoms with Gasteiger partial charge in [-0.3, -0.25) is 4.57 Å². The monoisotopic (exact) mass is 458 g/mol. The van der Waals surface area contributed by atoms with Crippen molar-refractivity contribution in [2.45, 2.75) is 6.61 Å². The number of hydrogen-bond donors (Lipinski definition) is 1. The molecule has 0 aliphatic heterocycles. The summed E-state index contributed by atoms with van der Waals surface area (Å²) in [6.45, 7) is 0.112. The highest BCUT2D eigenvalue weighted by molar-refractivity contribution is 6.32. The Kier molecular flexibility index (Phi) is 5.32. The van der Waals surface area contributed by atoms with Crippen LogP contribution in [0.25, 0.3) is 27.9 Å².